The van der Waals surface area contributed by atoms with Gasteiger partial charge in [-0.25, -0.2) is 0 Å². The smallest absolute Gasteiger partial charge is 0.241 e. The van der Waals surface area contributed by atoms with Gasteiger partial charge in [-0.1, -0.05) is 35.9 Å². The molecule has 0 aliphatic carbocycles. The maximum atomic E-state index is 12.9. The molecule has 4 rings (SSSR count). The summed E-state index contributed by atoms with van der Waals surface area (Å²) in [5.41, 5.74) is 3.52. The second-order valence-corrected chi connectivity index (χ2v) is 7.63. The molecule has 0 aromatic heterocycles. The number of benzene rings is 2. The summed E-state index contributed by atoms with van der Waals surface area (Å²) in [6, 6.07) is 16.5. The number of halogens is 1. The molecule has 4 nitrogen and oxygen atoms in total. The van der Waals surface area contributed by atoms with E-state index in [2.05, 4.69) is 41.0 Å². The van der Waals surface area contributed by atoms with E-state index in [0.29, 0.717) is 6.54 Å². The van der Waals surface area contributed by atoms with Crippen molar-refractivity contribution in [2.75, 3.05) is 42.5 Å². The van der Waals surface area contributed by atoms with E-state index in [1.54, 1.807) is 0 Å². The average molecular weight is 370 g/mol. The fourth-order valence-electron chi connectivity index (χ4n) is 4.05. The van der Waals surface area contributed by atoms with Crippen LogP contribution < -0.4 is 9.80 Å². The first-order chi connectivity index (χ1) is 12.6. The molecular formula is C21H24ClN3O. The van der Waals surface area contributed by atoms with Gasteiger partial charge in [0, 0.05) is 48.6 Å². The van der Waals surface area contributed by atoms with E-state index in [9.17, 15) is 4.79 Å². The van der Waals surface area contributed by atoms with Gasteiger partial charge in [-0.15, -0.1) is 0 Å². The maximum Gasteiger partial charge on any atom is 0.241 e. The number of hydrogen-bond acceptors (Lipinski definition) is 3. The van der Waals surface area contributed by atoms with E-state index in [0.717, 1.165) is 49.0 Å². The van der Waals surface area contributed by atoms with Crippen LogP contribution in [0.2, 0.25) is 5.02 Å². The molecule has 2 aliphatic rings. The van der Waals surface area contributed by atoms with Crippen LogP contribution in [0.3, 0.4) is 0 Å². The normalized spacial score (nSPS) is 20.3. The zero-order valence-electron chi connectivity index (χ0n) is 15.1. The van der Waals surface area contributed by atoms with E-state index in [1.165, 1.54) is 5.56 Å². The molecular weight excluding hydrogens is 346 g/mol. The molecule has 2 aromatic carbocycles. The SMILES string of the molecule is C[C@@H]1Cc2ccccc2N1C(=O)CN1CCN(c2cccc(Cl)c2)CC1. The van der Waals surface area contributed by atoms with Crippen molar-refractivity contribution in [3.8, 4) is 0 Å². The predicted octanol–water partition coefficient (Wildman–Crippen LogP) is 3.44. The van der Waals surface area contributed by atoms with E-state index >= 15 is 0 Å². The van der Waals surface area contributed by atoms with Crippen molar-refractivity contribution in [3.63, 3.8) is 0 Å². The van der Waals surface area contributed by atoms with Crippen LogP contribution in [-0.4, -0.2) is 49.6 Å². The molecule has 0 unspecified atom stereocenters. The second kappa shape index (κ2) is 7.29. The van der Waals surface area contributed by atoms with Crippen LogP contribution >= 0.6 is 11.6 Å². The minimum atomic E-state index is 0.207. The number of carbonyl (C=O) groups excluding carboxylic acids is 1. The first-order valence-electron chi connectivity index (χ1n) is 9.24. The van der Waals surface area contributed by atoms with Crippen LogP contribution in [0.25, 0.3) is 0 Å². The highest BCUT2D eigenvalue weighted by Gasteiger charge is 2.31. The van der Waals surface area contributed by atoms with Crippen LogP contribution in [0.1, 0.15) is 12.5 Å². The number of para-hydroxylation sites is 1. The Morgan fingerprint density at radius 1 is 1.08 bits per heavy atom. The fourth-order valence-corrected chi connectivity index (χ4v) is 4.23. The van der Waals surface area contributed by atoms with Gasteiger partial charge in [0.15, 0.2) is 0 Å². The molecule has 26 heavy (non-hydrogen) atoms. The molecule has 5 heteroatoms. The van der Waals surface area contributed by atoms with E-state index < -0.39 is 0 Å². The lowest BCUT2D eigenvalue weighted by molar-refractivity contribution is -0.120. The second-order valence-electron chi connectivity index (χ2n) is 7.19. The summed E-state index contributed by atoms with van der Waals surface area (Å²) >= 11 is 6.10. The molecule has 0 bridgehead atoms. The molecule has 0 spiro atoms. The van der Waals surface area contributed by atoms with E-state index in [1.807, 2.05) is 29.2 Å². The summed E-state index contributed by atoms with van der Waals surface area (Å²) in [7, 11) is 0. The van der Waals surface area contributed by atoms with Crippen LogP contribution in [0.4, 0.5) is 11.4 Å². The zero-order valence-corrected chi connectivity index (χ0v) is 15.8. The highest BCUT2D eigenvalue weighted by atomic mass is 35.5. The molecule has 1 saturated heterocycles. The predicted molar refractivity (Wildman–Crippen MR) is 107 cm³/mol. The third-order valence-corrected chi connectivity index (χ3v) is 5.62. The Morgan fingerprint density at radius 2 is 1.85 bits per heavy atom. The van der Waals surface area contributed by atoms with Gasteiger partial charge in [0.25, 0.3) is 0 Å². The topological polar surface area (TPSA) is 26.8 Å². The van der Waals surface area contributed by atoms with Gasteiger partial charge in [-0.2, -0.15) is 0 Å². The molecule has 0 radical (unpaired) electrons. The number of carbonyl (C=O) groups is 1. The van der Waals surface area contributed by atoms with Crippen molar-refractivity contribution in [2.45, 2.75) is 19.4 Å². The fraction of sp³-hybridized carbons (Fsp3) is 0.381. The monoisotopic (exact) mass is 369 g/mol. The highest BCUT2D eigenvalue weighted by molar-refractivity contribution is 6.30. The van der Waals surface area contributed by atoms with Crippen molar-refractivity contribution >= 4 is 28.9 Å². The molecule has 0 saturated carbocycles. The van der Waals surface area contributed by atoms with Gasteiger partial charge < -0.3 is 9.80 Å². The minimum absolute atomic E-state index is 0.207. The number of hydrogen-bond donors (Lipinski definition) is 0. The summed E-state index contributed by atoms with van der Waals surface area (Å²) in [5.74, 6) is 0.207. The summed E-state index contributed by atoms with van der Waals surface area (Å²) in [5, 5.41) is 0.766. The summed E-state index contributed by atoms with van der Waals surface area (Å²) in [6.07, 6.45) is 0.949. The first kappa shape index (κ1) is 17.4. The van der Waals surface area contributed by atoms with Gasteiger partial charge in [0.2, 0.25) is 5.91 Å². The van der Waals surface area contributed by atoms with Gasteiger partial charge in [-0.3, -0.25) is 9.69 Å². The first-order valence-corrected chi connectivity index (χ1v) is 9.62. The minimum Gasteiger partial charge on any atom is -0.369 e. The van der Waals surface area contributed by atoms with E-state index in [4.69, 9.17) is 11.6 Å². The Hall–Kier alpha value is -2.04. The third-order valence-electron chi connectivity index (χ3n) is 5.38. The van der Waals surface area contributed by atoms with Crippen LogP contribution in [0.5, 0.6) is 0 Å². The van der Waals surface area contributed by atoms with Crippen molar-refractivity contribution in [1.82, 2.24) is 4.90 Å². The molecule has 136 valence electrons. The molecule has 2 aliphatic heterocycles. The number of nitrogens with zero attached hydrogens (tertiary/aromatic N) is 3. The third kappa shape index (κ3) is 3.44. The lowest BCUT2D eigenvalue weighted by Crippen LogP contribution is -2.51. The molecule has 1 amide bonds. The number of rotatable bonds is 3. The quantitative estimate of drug-likeness (QED) is 0.829. The van der Waals surface area contributed by atoms with Crippen molar-refractivity contribution in [1.29, 1.82) is 0 Å². The lowest BCUT2D eigenvalue weighted by atomic mass is 10.1. The highest BCUT2D eigenvalue weighted by Crippen LogP contribution is 2.32. The molecule has 1 atom stereocenters. The largest absolute Gasteiger partial charge is 0.369 e. The standard InChI is InChI=1S/C21H24ClN3O/c1-16-13-17-5-2-3-8-20(17)25(16)21(26)15-23-9-11-24(12-10-23)19-7-4-6-18(22)14-19/h2-8,14,16H,9-13,15H2,1H3/t16-/m1/s1. The number of piperazine rings is 1. The maximum absolute atomic E-state index is 12.9. The number of amides is 1. The Morgan fingerprint density at radius 3 is 2.62 bits per heavy atom. The summed E-state index contributed by atoms with van der Waals surface area (Å²) in [6.45, 7) is 6.24. The van der Waals surface area contributed by atoms with Gasteiger partial charge in [0.1, 0.15) is 0 Å². The Balaban J connectivity index is 1.37. The van der Waals surface area contributed by atoms with E-state index in [-0.39, 0.29) is 11.9 Å². The Labute approximate surface area is 160 Å². The van der Waals surface area contributed by atoms with Crippen molar-refractivity contribution in [2.24, 2.45) is 0 Å². The van der Waals surface area contributed by atoms with Gasteiger partial charge in [0.05, 0.1) is 6.54 Å². The average Bonchev–Trinajstić information content (AvgIpc) is 2.98. The molecule has 2 aromatic rings. The molecule has 2 heterocycles. The van der Waals surface area contributed by atoms with Gasteiger partial charge in [-0.05, 0) is 43.2 Å². The van der Waals surface area contributed by atoms with Gasteiger partial charge >= 0.3 is 0 Å². The van der Waals surface area contributed by atoms with Crippen molar-refractivity contribution in [3.05, 3.63) is 59.1 Å². The van der Waals surface area contributed by atoms with Crippen molar-refractivity contribution < 1.29 is 4.79 Å². The zero-order chi connectivity index (χ0) is 18.1. The van der Waals surface area contributed by atoms with Crippen LogP contribution in [-0.2, 0) is 11.2 Å². The molecule has 0 N–H and O–H groups in total. The van der Waals surface area contributed by atoms with Crippen LogP contribution in [0.15, 0.2) is 48.5 Å². The number of fused-ring (bicyclic) bond motifs is 1. The number of anilines is 2. The lowest BCUT2D eigenvalue weighted by Gasteiger charge is -2.36. The summed E-state index contributed by atoms with van der Waals surface area (Å²) in [4.78, 5) is 19.5. The Bertz CT molecular complexity index is 801. The van der Waals surface area contributed by atoms with Crippen LogP contribution in [0, 0.1) is 0 Å². The summed E-state index contributed by atoms with van der Waals surface area (Å²) < 4.78 is 0. The molecule has 1 fully saturated rings. The Kier molecular flexibility index (Phi) is 4.88.